The number of nitrogens with two attached hydrogens (primary N) is 1. The summed E-state index contributed by atoms with van der Waals surface area (Å²) in [6, 6.07) is 12.5. The molecule has 0 fully saturated rings. The van der Waals surface area contributed by atoms with E-state index in [1.54, 1.807) is 7.11 Å². The zero-order chi connectivity index (χ0) is 14.5. The molecule has 3 N–H and O–H groups in total. The predicted octanol–water partition coefficient (Wildman–Crippen LogP) is 3.76. The quantitative estimate of drug-likeness (QED) is 0.813. The van der Waals surface area contributed by atoms with Crippen LogP contribution >= 0.6 is 0 Å². The molecule has 0 heterocycles. The fourth-order valence-electron chi connectivity index (χ4n) is 2.21. The van der Waals surface area contributed by atoms with Crippen molar-refractivity contribution < 1.29 is 4.74 Å². The van der Waals surface area contributed by atoms with Gasteiger partial charge in [0.1, 0.15) is 11.4 Å². The number of anilines is 2. The van der Waals surface area contributed by atoms with Gasteiger partial charge in [0.25, 0.3) is 0 Å². The van der Waals surface area contributed by atoms with Crippen LogP contribution in [0.2, 0.25) is 0 Å². The lowest BCUT2D eigenvalue weighted by Crippen LogP contribution is -2.05. The summed E-state index contributed by atoms with van der Waals surface area (Å²) in [6.07, 6.45) is 1.06. The SMILES string of the molecule is CCc1ccc(CNc2c(N)cc(C)cc2OC)cc1. The van der Waals surface area contributed by atoms with Crippen molar-refractivity contribution in [1.29, 1.82) is 0 Å². The summed E-state index contributed by atoms with van der Waals surface area (Å²) in [5.74, 6) is 0.785. The van der Waals surface area contributed by atoms with Gasteiger partial charge in [-0.15, -0.1) is 0 Å². The van der Waals surface area contributed by atoms with Gasteiger partial charge in [0.2, 0.25) is 0 Å². The van der Waals surface area contributed by atoms with Gasteiger partial charge in [-0.25, -0.2) is 0 Å². The van der Waals surface area contributed by atoms with Crippen LogP contribution < -0.4 is 15.8 Å². The molecule has 3 heteroatoms. The van der Waals surface area contributed by atoms with Crippen molar-refractivity contribution in [3.63, 3.8) is 0 Å². The minimum Gasteiger partial charge on any atom is -0.494 e. The molecule has 0 saturated heterocycles. The Labute approximate surface area is 120 Å². The Morgan fingerprint density at radius 3 is 2.35 bits per heavy atom. The first-order valence-electron chi connectivity index (χ1n) is 6.89. The average Bonchev–Trinajstić information content (AvgIpc) is 2.46. The van der Waals surface area contributed by atoms with Crippen molar-refractivity contribution in [1.82, 2.24) is 0 Å². The van der Waals surface area contributed by atoms with Crippen LogP contribution in [-0.2, 0) is 13.0 Å². The van der Waals surface area contributed by atoms with Gasteiger partial charge < -0.3 is 15.8 Å². The van der Waals surface area contributed by atoms with E-state index in [4.69, 9.17) is 10.5 Å². The van der Waals surface area contributed by atoms with Gasteiger partial charge in [-0.05, 0) is 42.2 Å². The summed E-state index contributed by atoms with van der Waals surface area (Å²) < 4.78 is 5.39. The van der Waals surface area contributed by atoms with Crippen LogP contribution in [0.1, 0.15) is 23.6 Å². The van der Waals surface area contributed by atoms with Crippen molar-refractivity contribution in [2.45, 2.75) is 26.8 Å². The molecule has 0 aliphatic rings. The summed E-state index contributed by atoms with van der Waals surface area (Å²) in [5.41, 5.74) is 11.3. The molecule has 0 bridgehead atoms. The Morgan fingerprint density at radius 1 is 1.10 bits per heavy atom. The smallest absolute Gasteiger partial charge is 0.144 e. The molecule has 0 aromatic heterocycles. The Balaban J connectivity index is 2.13. The minimum absolute atomic E-state index is 0.715. The fraction of sp³-hybridized carbons (Fsp3) is 0.294. The molecule has 2 rings (SSSR count). The van der Waals surface area contributed by atoms with Crippen molar-refractivity contribution >= 4 is 11.4 Å². The third-order valence-electron chi connectivity index (χ3n) is 3.40. The van der Waals surface area contributed by atoms with E-state index in [0.717, 1.165) is 30.0 Å². The van der Waals surface area contributed by atoms with E-state index >= 15 is 0 Å². The van der Waals surface area contributed by atoms with Crippen LogP contribution in [0.4, 0.5) is 11.4 Å². The van der Waals surface area contributed by atoms with Crippen LogP contribution in [0.15, 0.2) is 36.4 Å². The topological polar surface area (TPSA) is 47.3 Å². The van der Waals surface area contributed by atoms with Gasteiger partial charge in [0.15, 0.2) is 0 Å². The third kappa shape index (κ3) is 3.23. The molecule has 20 heavy (non-hydrogen) atoms. The van der Waals surface area contributed by atoms with E-state index in [1.807, 2.05) is 19.1 Å². The largest absolute Gasteiger partial charge is 0.494 e. The Kier molecular flexibility index (Phi) is 4.51. The molecule has 0 unspecified atom stereocenters. The normalized spacial score (nSPS) is 10.3. The number of nitrogen functional groups attached to an aromatic ring is 1. The second-order valence-electron chi connectivity index (χ2n) is 4.96. The van der Waals surface area contributed by atoms with E-state index in [2.05, 4.69) is 36.5 Å². The molecule has 0 aliphatic carbocycles. The van der Waals surface area contributed by atoms with Crippen LogP contribution in [0.3, 0.4) is 0 Å². The molecule has 0 spiro atoms. The Bertz CT molecular complexity index is 576. The first kappa shape index (κ1) is 14.3. The highest BCUT2D eigenvalue weighted by Crippen LogP contribution is 2.32. The van der Waals surface area contributed by atoms with Crippen LogP contribution in [0, 0.1) is 6.92 Å². The number of rotatable bonds is 5. The predicted molar refractivity (Wildman–Crippen MR) is 85.3 cm³/mol. The first-order chi connectivity index (χ1) is 9.63. The van der Waals surface area contributed by atoms with Crippen LogP contribution in [0.5, 0.6) is 5.75 Å². The van der Waals surface area contributed by atoms with Gasteiger partial charge in [-0.1, -0.05) is 31.2 Å². The fourth-order valence-corrected chi connectivity index (χ4v) is 2.21. The van der Waals surface area contributed by atoms with Gasteiger partial charge in [0, 0.05) is 6.54 Å². The Hall–Kier alpha value is -2.16. The number of aryl methyl sites for hydroxylation is 2. The molecule has 2 aromatic rings. The summed E-state index contributed by atoms with van der Waals surface area (Å²) in [5, 5.41) is 3.36. The zero-order valence-corrected chi connectivity index (χ0v) is 12.4. The first-order valence-corrected chi connectivity index (χ1v) is 6.89. The highest BCUT2D eigenvalue weighted by molar-refractivity contribution is 5.74. The summed E-state index contributed by atoms with van der Waals surface area (Å²) in [7, 11) is 1.66. The summed E-state index contributed by atoms with van der Waals surface area (Å²) in [6.45, 7) is 4.89. The number of hydrogen-bond donors (Lipinski definition) is 2. The average molecular weight is 270 g/mol. The number of hydrogen-bond acceptors (Lipinski definition) is 3. The maximum atomic E-state index is 6.07. The van der Waals surface area contributed by atoms with Crippen molar-refractivity contribution in [2.24, 2.45) is 0 Å². The number of ether oxygens (including phenoxy) is 1. The highest BCUT2D eigenvalue weighted by Gasteiger charge is 2.08. The molecular weight excluding hydrogens is 248 g/mol. The Morgan fingerprint density at radius 2 is 1.75 bits per heavy atom. The molecule has 0 saturated carbocycles. The lowest BCUT2D eigenvalue weighted by atomic mass is 10.1. The molecule has 106 valence electrons. The molecule has 3 nitrogen and oxygen atoms in total. The standard InChI is InChI=1S/C17H22N2O/c1-4-13-5-7-14(8-6-13)11-19-17-15(18)9-12(2)10-16(17)20-3/h5-10,19H,4,11,18H2,1-3H3. The molecule has 0 radical (unpaired) electrons. The van der Waals surface area contributed by atoms with Crippen molar-refractivity contribution in [3.8, 4) is 5.75 Å². The number of benzene rings is 2. The van der Waals surface area contributed by atoms with E-state index in [9.17, 15) is 0 Å². The molecule has 0 atom stereocenters. The van der Waals surface area contributed by atoms with Gasteiger partial charge >= 0.3 is 0 Å². The van der Waals surface area contributed by atoms with Gasteiger partial charge in [-0.2, -0.15) is 0 Å². The van der Waals surface area contributed by atoms with Crippen LogP contribution in [-0.4, -0.2) is 7.11 Å². The molecule has 2 aromatic carbocycles. The lowest BCUT2D eigenvalue weighted by molar-refractivity contribution is 0.416. The maximum absolute atomic E-state index is 6.07. The molecular formula is C17H22N2O. The second kappa shape index (κ2) is 6.33. The number of methoxy groups -OCH3 is 1. The van der Waals surface area contributed by atoms with E-state index in [0.29, 0.717) is 5.69 Å². The highest BCUT2D eigenvalue weighted by atomic mass is 16.5. The summed E-state index contributed by atoms with van der Waals surface area (Å²) >= 11 is 0. The molecule has 0 amide bonds. The van der Waals surface area contributed by atoms with Gasteiger partial charge in [0.05, 0.1) is 12.8 Å². The van der Waals surface area contributed by atoms with E-state index in [1.165, 1.54) is 11.1 Å². The van der Waals surface area contributed by atoms with Crippen LogP contribution in [0.25, 0.3) is 0 Å². The van der Waals surface area contributed by atoms with Crippen molar-refractivity contribution in [2.75, 3.05) is 18.2 Å². The third-order valence-corrected chi connectivity index (χ3v) is 3.40. The maximum Gasteiger partial charge on any atom is 0.144 e. The zero-order valence-electron chi connectivity index (χ0n) is 12.4. The monoisotopic (exact) mass is 270 g/mol. The number of nitrogens with one attached hydrogen (secondary N) is 1. The minimum atomic E-state index is 0.715. The van der Waals surface area contributed by atoms with E-state index < -0.39 is 0 Å². The van der Waals surface area contributed by atoms with E-state index in [-0.39, 0.29) is 0 Å². The van der Waals surface area contributed by atoms with Crippen molar-refractivity contribution in [3.05, 3.63) is 53.1 Å². The molecule has 0 aliphatic heterocycles. The lowest BCUT2D eigenvalue weighted by Gasteiger charge is -2.15. The summed E-state index contributed by atoms with van der Waals surface area (Å²) in [4.78, 5) is 0. The van der Waals surface area contributed by atoms with Gasteiger partial charge in [-0.3, -0.25) is 0 Å². The second-order valence-corrected chi connectivity index (χ2v) is 4.96.